The zero-order valence-corrected chi connectivity index (χ0v) is 40.6. The van der Waals surface area contributed by atoms with Crippen molar-refractivity contribution in [2.75, 3.05) is 34.0 Å². The Balaban J connectivity index is 1.27. The molecule has 14 nitrogen and oxygen atoms in total. The number of hydrogen-bond donors (Lipinski definition) is 2. The number of fused-ring (bicyclic) bond motifs is 3. The maximum absolute atomic E-state index is 15.4. The highest BCUT2D eigenvalue weighted by Crippen LogP contribution is 2.52. The molecule has 6 aromatic rings. The van der Waals surface area contributed by atoms with Crippen molar-refractivity contribution < 1.29 is 32.8 Å². The summed E-state index contributed by atoms with van der Waals surface area (Å²) in [5.41, 5.74) is 4.05. The van der Waals surface area contributed by atoms with Crippen molar-refractivity contribution in [3.05, 3.63) is 188 Å². The molecule has 5 aromatic carbocycles. The zero-order chi connectivity index (χ0) is 48.7. The van der Waals surface area contributed by atoms with Crippen LogP contribution in [0.15, 0.2) is 143 Å². The van der Waals surface area contributed by atoms with Gasteiger partial charge in [0.25, 0.3) is 14.1 Å². The molecule has 0 bridgehead atoms. The first-order valence-electron chi connectivity index (χ1n) is 23.2. The van der Waals surface area contributed by atoms with Crippen molar-refractivity contribution in [3.8, 4) is 28.7 Å². The SMILES string of the molecule is COc1ccc(C(OC[C@@H]2[C@@H](OP(OCCC#N)N(C(C)C)C(C)C)C[C@H](c3c[nH]c(=O)[nH]c3=O)N2C(=O)OCC2c3ccccc3-c3ccccc32)(c2ccccc2)c2ccc(OC)cc2)cc1. The molecule has 1 saturated heterocycles. The van der Waals surface area contributed by atoms with E-state index in [2.05, 4.69) is 45.0 Å². The van der Waals surface area contributed by atoms with Gasteiger partial charge in [0.05, 0.1) is 63.7 Å². The standard InChI is InChI=1S/C54H58N5O9P/c1-35(2)59(36(3)4)69(67-30-14-29-55)68-50-31-48(46-32-56-52(61)57-51(46)60)58(53(62)65-33-47-44-19-12-10-17-42(44)43-18-11-13-20-45(43)47)49(50)34-66-54(37-15-8-7-9-16-37,38-21-25-40(63-5)26-22-38)39-23-27-41(64-6)28-24-39/h7-13,15-28,32,35-36,47-50H,14,30-31,33-34H2,1-6H3,(H2,56,57,60,61)/t48-,49-,50+,69?/m1/s1. The van der Waals surface area contributed by atoms with E-state index in [0.717, 1.165) is 38.9 Å². The Morgan fingerprint density at radius 3 is 1.86 bits per heavy atom. The molecule has 1 aliphatic carbocycles. The number of ether oxygens (including phenoxy) is 4. The maximum atomic E-state index is 15.4. The molecule has 2 N–H and O–H groups in total. The summed E-state index contributed by atoms with van der Waals surface area (Å²) >= 11 is 0. The first-order valence-corrected chi connectivity index (χ1v) is 24.3. The van der Waals surface area contributed by atoms with Gasteiger partial charge in [-0.2, -0.15) is 5.26 Å². The van der Waals surface area contributed by atoms with Gasteiger partial charge in [-0.05, 0) is 90.9 Å². The third kappa shape index (κ3) is 10.1. The summed E-state index contributed by atoms with van der Waals surface area (Å²) < 4.78 is 40.9. The van der Waals surface area contributed by atoms with E-state index in [0.29, 0.717) is 11.5 Å². The third-order valence-electron chi connectivity index (χ3n) is 12.9. The number of aromatic amines is 2. The van der Waals surface area contributed by atoms with E-state index in [4.69, 9.17) is 28.0 Å². The average Bonchev–Trinajstić information content (AvgIpc) is 3.88. The lowest BCUT2D eigenvalue weighted by Crippen LogP contribution is -2.48. The van der Waals surface area contributed by atoms with E-state index >= 15 is 4.79 Å². The number of likely N-dealkylation sites (tertiary alicyclic amines) is 1. The van der Waals surface area contributed by atoms with Gasteiger partial charge in [-0.25, -0.2) is 14.3 Å². The van der Waals surface area contributed by atoms with Crippen molar-refractivity contribution in [3.63, 3.8) is 0 Å². The van der Waals surface area contributed by atoms with E-state index in [9.17, 15) is 14.9 Å². The number of carbonyl (C=O) groups is 1. The second-order valence-corrected chi connectivity index (χ2v) is 19.0. The number of nitrogens with zero attached hydrogens (tertiary/aromatic N) is 3. The van der Waals surface area contributed by atoms with E-state index in [1.165, 1.54) is 11.1 Å². The summed E-state index contributed by atoms with van der Waals surface area (Å²) in [6.45, 7) is 8.15. The smallest absolute Gasteiger partial charge is 0.410 e. The lowest BCUT2D eigenvalue weighted by Gasteiger charge is -2.40. The fourth-order valence-electron chi connectivity index (χ4n) is 9.77. The number of carbonyl (C=O) groups excluding carboxylic acids is 1. The number of benzene rings is 5. The van der Waals surface area contributed by atoms with Crippen molar-refractivity contribution >= 4 is 14.6 Å². The van der Waals surface area contributed by atoms with Crippen LogP contribution in [0, 0.1) is 11.3 Å². The predicted molar refractivity (Wildman–Crippen MR) is 264 cm³/mol. The van der Waals surface area contributed by atoms with Crippen LogP contribution in [0.25, 0.3) is 11.1 Å². The van der Waals surface area contributed by atoms with Gasteiger partial charge in [-0.15, -0.1) is 0 Å². The number of rotatable bonds is 19. The van der Waals surface area contributed by atoms with Crippen LogP contribution in [0.2, 0.25) is 0 Å². The quantitative estimate of drug-likeness (QED) is 0.0451. The molecule has 2 heterocycles. The maximum Gasteiger partial charge on any atom is 0.410 e. The molecule has 1 fully saturated rings. The topological polar surface area (TPSA) is 168 Å². The molecule has 0 radical (unpaired) electrons. The molecule has 1 amide bonds. The van der Waals surface area contributed by atoms with Gasteiger partial charge in [0.1, 0.15) is 23.7 Å². The summed E-state index contributed by atoms with van der Waals surface area (Å²) in [5.74, 6) is 1.04. The lowest BCUT2D eigenvalue weighted by atomic mass is 9.80. The first-order chi connectivity index (χ1) is 33.5. The molecular weight excluding hydrogens is 894 g/mol. The number of amides is 1. The van der Waals surface area contributed by atoms with Crippen molar-refractivity contribution in [2.45, 2.75) is 82.3 Å². The minimum absolute atomic E-state index is 0.00126. The number of nitriles is 1. The van der Waals surface area contributed by atoms with Crippen LogP contribution >= 0.6 is 8.53 Å². The minimum atomic E-state index is -1.87. The summed E-state index contributed by atoms with van der Waals surface area (Å²) in [4.78, 5) is 48.3. The second-order valence-electron chi connectivity index (χ2n) is 17.6. The van der Waals surface area contributed by atoms with Crippen LogP contribution in [0.5, 0.6) is 11.5 Å². The highest BCUT2D eigenvalue weighted by Gasteiger charge is 2.51. The summed E-state index contributed by atoms with van der Waals surface area (Å²) in [7, 11) is 1.35. The molecule has 1 unspecified atom stereocenters. The Labute approximate surface area is 403 Å². The van der Waals surface area contributed by atoms with Crippen LogP contribution in [0.1, 0.15) is 85.9 Å². The van der Waals surface area contributed by atoms with E-state index in [1.54, 1.807) is 14.2 Å². The fraction of sp³-hybridized carbons (Fsp3) is 0.333. The van der Waals surface area contributed by atoms with Gasteiger partial charge in [-0.3, -0.25) is 14.7 Å². The zero-order valence-electron chi connectivity index (χ0n) is 39.7. The van der Waals surface area contributed by atoms with E-state index in [-0.39, 0.29) is 56.2 Å². The molecule has 4 atom stereocenters. The number of H-pyrrole nitrogens is 2. The molecule has 15 heteroatoms. The summed E-state index contributed by atoms with van der Waals surface area (Å²) in [6, 6.07) is 41.5. The molecule has 2 aliphatic rings. The van der Waals surface area contributed by atoms with Gasteiger partial charge < -0.3 is 33.0 Å². The van der Waals surface area contributed by atoms with Gasteiger partial charge in [-0.1, -0.05) is 103 Å². The van der Waals surface area contributed by atoms with Gasteiger partial charge in [0.15, 0.2) is 0 Å². The molecule has 1 aliphatic heterocycles. The number of aromatic nitrogens is 2. The Morgan fingerprint density at radius 2 is 1.32 bits per heavy atom. The van der Waals surface area contributed by atoms with Crippen molar-refractivity contribution in [1.29, 1.82) is 5.26 Å². The monoisotopic (exact) mass is 951 g/mol. The molecule has 1 aromatic heterocycles. The normalized spacial score (nSPS) is 17.2. The minimum Gasteiger partial charge on any atom is -0.497 e. The molecule has 0 saturated carbocycles. The van der Waals surface area contributed by atoms with E-state index < -0.39 is 49.7 Å². The Bertz CT molecular complexity index is 2750. The molecule has 69 heavy (non-hydrogen) atoms. The van der Waals surface area contributed by atoms with Crippen molar-refractivity contribution in [2.24, 2.45) is 0 Å². The Morgan fingerprint density at radius 1 is 0.768 bits per heavy atom. The number of methoxy groups -OCH3 is 2. The van der Waals surface area contributed by atoms with Gasteiger partial charge >= 0.3 is 11.8 Å². The van der Waals surface area contributed by atoms with Crippen LogP contribution in [0.3, 0.4) is 0 Å². The molecular formula is C54H58N5O9P. The molecule has 358 valence electrons. The number of nitrogens with one attached hydrogen (secondary N) is 2. The predicted octanol–water partition coefficient (Wildman–Crippen LogP) is 9.81. The molecule has 0 spiro atoms. The third-order valence-corrected chi connectivity index (χ3v) is 15.0. The highest BCUT2D eigenvalue weighted by molar-refractivity contribution is 7.44. The van der Waals surface area contributed by atoms with Crippen LogP contribution in [0.4, 0.5) is 4.79 Å². The van der Waals surface area contributed by atoms with Gasteiger partial charge in [0, 0.05) is 30.6 Å². The Kier molecular flexibility index (Phi) is 15.4. The van der Waals surface area contributed by atoms with Crippen molar-refractivity contribution in [1.82, 2.24) is 19.5 Å². The van der Waals surface area contributed by atoms with Crippen LogP contribution in [-0.4, -0.2) is 83.9 Å². The summed E-state index contributed by atoms with van der Waals surface area (Å²) in [5, 5.41) is 9.57. The first kappa shape index (κ1) is 48.9. The fourth-order valence-corrected chi connectivity index (χ4v) is 11.5. The lowest BCUT2D eigenvalue weighted by molar-refractivity contribution is -0.0366. The Hall–Kier alpha value is -6.59. The van der Waals surface area contributed by atoms with E-state index in [1.807, 2.05) is 131 Å². The largest absolute Gasteiger partial charge is 0.497 e. The average molecular weight is 952 g/mol. The van der Waals surface area contributed by atoms with Gasteiger partial charge in [0.2, 0.25) is 0 Å². The second kappa shape index (κ2) is 21.8. The van der Waals surface area contributed by atoms with Crippen LogP contribution < -0.4 is 20.7 Å². The summed E-state index contributed by atoms with van der Waals surface area (Å²) in [6.07, 6.45) is 0.0374. The highest BCUT2D eigenvalue weighted by atomic mass is 31.2. The van der Waals surface area contributed by atoms with Crippen LogP contribution in [-0.2, 0) is 24.1 Å². The number of hydrogen-bond acceptors (Lipinski definition) is 11. The molecule has 8 rings (SSSR count).